The fraction of sp³-hybridized carbons (Fsp3) is 0.571. The largest absolute Gasteiger partial charge is 0.314 e. The van der Waals surface area contributed by atoms with Gasteiger partial charge in [-0.15, -0.1) is 0 Å². The maximum atomic E-state index is 13.6. The summed E-state index contributed by atoms with van der Waals surface area (Å²) in [6, 6.07) is 5.37. The Morgan fingerprint density at radius 1 is 1.50 bits per heavy atom. The van der Waals surface area contributed by atoms with Crippen LogP contribution in [-0.2, 0) is 6.54 Å². The number of rotatable bonds is 5. The number of nitrogens with one attached hydrogen (secondary N) is 1. The summed E-state index contributed by atoms with van der Waals surface area (Å²) in [5, 5.41) is 4.07. The second-order valence-electron chi connectivity index (χ2n) is 5.06. The highest BCUT2D eigenvalue weighted by atomic mass is 35.5. The Balaban J connectivity index is 1.82. The SMILES string of the molecule is CN(CCC1CCCN1)Cc1cc(Cl)ccc1F. The molecule has 1 aliphatic rings. The van der Waals surface area contributed by atoms with Crippen LogP contribution in [-0.4, -0.2) is 31.1 Å². The van der Waals surface area contributed by atoms with Gasteiger partial charge in [0.2, 0.25) is 0 Å². The first-order valence-electron chi connectivity index (χ1n) is 6.51. The van der Waals surface area contributed by atoms with Crippen LogP contribution in [0.25, 0.3) is 0 Å². The molecule has 1 aromatic rings. The van der Waals surface area contributed by atoms with Crippen LogP contribution in [0.4, 0.5) is 4.39 Å². The van der Waals surface area contributed by atoms with Crippen LogP contribution in [0.3, 0.4) is 0 Å². The third-order valence-electron chi connectivity index (χ3n) is 3.47. The highest BCUT2D eigenvalue weighted by molar-refractivity contribution is 6.30. The van der Waals surface area contributed by atoms with E-state index in [2.05, 4.69) is 10.2 Å². The Labute approximate surface area is 113 Å². The average molecular weight is 271 g/mol. The van der Waals surface area contributed by atoms with Crippen molar-refractivity contribution in [3.05, 3.63) is 34.6 Å². The zero-order chi connectivity index (χ0) is 13.0. The lowest BCUT2D eigenvalue weighted by Crippen LogP contribution is -2.28. The summed E-state index contributed by atoms with van der Waals surface area (Å²) in [6.07, 6.45) is 3.66. The molecule has 0 amide bonds. The first kappa shape index (κ1) is 13.8. The summed E-state index contributed by atoms with van der Waals surface area (Å²) in [5.74, 6) is -0.176. The van der Waals surface area contributed by atoms with Gasteiger partial charge in [0, 0.05) is 23.2 Å². The number of halogens is 2. The van der Waals surface area contributed by atoms with Gasteiger partial charge >= 0.3 is 0 Å². The van der Waals surface area contributed by atoms with Gasteiger partial charge in [0.05, 0.1) is 0 Å². The van der Waals surface area contributed by atoms with Gasteiger partial charge in [-0.05, 0) is 57.6 Å². The van der Waals surface area contributed by atoms with Crippen molar-refractivity contribution in [1.29, 1.82) is 0 Å². The fourth-order valence-corrected chi connectivity index (χ4v) is 2.61. The maximum absolute atomic E-state index is 13.6. The minimum atomic E-state index is -0.176. The van der Waals surface area contributed by atoms with Crippen molar-refractivity contribution in [3.8, 4) is 0 Å². The summed E-state index contributed by atoms with van der Waals surface area (Å²) in [5.41, 5.74) is 0.671. The van der Waals surface area contributed by atoms with Crippen LogP contribution in [0, 0.1) is 5.82 Å². The lowest BCUT2D eigenvalue weighted by molar-refractivity contribution is 0.301. The van der Waals surface area contributed by atoms with E-state index in [4.69, 9.17) is 11.6 Å². The van der Waals surface area contributed by atoms with Crippen LogP contribution in [0.2, 0.25) is 5.02 Å². The topological polar surface area (TPSA) is 15.3 Å². The van der Waals surface area contributed by atoms with Gasteiger partial charge in [0.25, 0.3) is 0 Å². The standard InChI is InChI=1S/C14H20ClFN2/c1-18(8-6-13-3-2-7-17-13)10-11-9-12(15)4-5-14(11)16/h4-5,9,13,17H,2-3,6-8,10H2,1H3. The molecule has 1 N–H and O–H groups in total. The quantitative estimate of drug-likeness (QED) is 0.885. The molecular weight excluding hydrogens is 251 g/mol. The van der Waals surface area contributed by atoms with E-state index in [1.807, 2.05) is 7.05 Å². The second-order valence-corrected chi connectivity index (χ2v) is 5.49. The van der Waals surface area contributed by atoms with E-state index in [0.29, 0.717) is 23.2 Å². The van der Waals surface area contributed by atoms with Crippen molar-refractivity contribution >= 4 is 11.6 Å². The van der Waals surface area contributed by atoms with E-state index in [1.54, 1.807) is 12.1 Å². The van der Waals surface area contributed by atoms with Crippen LogP contribution in [0.15, 0.2) is 18.2 Å². The third-order valence-corrected chi connectivity index (χ3v) is 3.70. The van der Waals surface area contributed by atoms with Crippen LogP contribution >= 0.6 is 11.6 Å². The van der Waals surface area contributed by atoms with E-state index in [0.717, 1.165) is 19.5 Å². The van der Waals surface area contributed by atoms with Crippen molar-refractivity contribution in [1.82, 2.24) is 10.2 Å². The highest BCUT2D eigenvalue weighted by Crippen LogP contribution is 2.17. The van der Waals surface area contributed by atoms with E-state index in [1.165, 1.54) is 18.9 Å². The van der Waals surface area contributed by atoms with Crippen molar-refractivity contribution in [3.63, 3.8) is 0 Å². The molecule has 1 heterocycles. The lowest BCUT2D eigenvalue weighted by Gasteiger charge is -2.19. The van der Waals surface area contributed by atoms with Gasteiger partial charge in [0.1, 0.15) is 5.82 Å². The van der Waals surface area contributed by atoms with Gasteiger partial charge in [0.15, 0.2) is 0 Å². The van der Waals surface area contributed by atoms with Gasteiger partial charge in [-0.25, -0.2) is 4.39 Å². The number of hydrogen-bond donors (Lipinski definition) is 1. The Hall–Kier alpha value is -0.640. The zero-order valence-electron chi connectivity index (χ0n) is 10.8. The van der Waals surface area contributed by atoms with E-state index < -0.39 is 0 Å². The molecule has 1 aliphatic heterocycles. The molecule has 1 atom stereocenters. The Morgan fingerprint density at radius 3 is 3.06 bits per heavy atom. The predicted molar refractivity (Wildman–Crippen MR) is 73.4 cm³/mol. The fourth-order valence-electron chi connectivity index (χ4n) is 2.41. The summed E-state index contributed by atoms with van der Waals surface area (Å²) in [6.45, 7) is 2.72. The van der Waals surface area contributed by atoms with E-state index >= 15 is 0 Å². The van der Waals surface area contributed by atoms with Gasteiger partial charge in [-0.3, -0.25) is 0 Å². The van der Waals surface area contributed by atoms with Crippen molar-refractivity contribution in [2.45, 2.75) is 31.8 Å². The number of hydrogen-bond acceptors (Lipinski definition) is 2. The molecule has 1 fully saturated rings. The van der Waals surface area contributed by atoms with Crippen LogP contribution in [0.5, 0.6) is 0 Å². The Kier molecular flexibility index (Phi) is 4.98. The minimum absolute atomic E-state index is 0.176. The van der Waals surface area contributed by atoms with Crippen molar-refractivity contribution in [2.75, 3.05) is 20.1 Å². The van der Waals surface area contributed by atoms with Gasteiger partial charge in [-0.2, -0.15) is 0 Å². The van der Waals surface area contributed by atoms with Crippen LogP contribution in [0.1, 0.15) is 24.8 Å². The monoisotopic (exact) mass is 270 g/mol. The first-order valence-corrected chi connectivity index (χ1v) is 6.89. The van der Waals surface area contributed by atoms with Crippen LogP contribution < -0.4 is 5.32 Å². The first-order chi connectivity index (χ1) is 8.65. The molecule has 1 saturated heterocycles. The molecule has 0 bridgehead atoms. The van der Waals surface area contributed by atoms with Gasteiger partial charge < -0.3 is 10.2 Å². The molecule has 0 aromatic heterocycles. The Morgan fingerprint density at radius 2 is 2.33 bits per heavy atom. The molecule has 0 radical (unpaired) electrons. The maximum Gasteiger partial charge on any atom is 0.127 e. The summed E-state index contributed by atoms with van der Waals surface area (Å²) >= 11 is 5.89. The lowest BCUT2D eigenvalue weighted by atomic mass is 10.1. The van der Waals surface area contributed by atoms with Crippen molar-refractivity contribution < 1.29 is 4.39 Å². The molecule has 4 heteroatoms. The molecule has 0 saturated carbocycles. The molecule has 2 nitrogen and oxygen atoms in total. The molecule has 0 aliphatic carbocycles. The second kappa shape index (κ2) is 6.50. The number of nitrogens with zero attached hydrogens (tertiary/aromatic N) is 1. The average Bonchev–Trinajstić information content (AvgIpc) is 2.84. The molecule has 2 rings (SSSR count). The summed E-state index contributed by atoms with van der Waals surface area (Å²) in [4.78, 5) is 2.15. The molecule has 18 heavy (non-hydrogen) atoms. The molecule has 1 aromatic carbocycles. The normalized spacial score (nSPS) is 19.7. The smallest absolute Gasteiger partial charge is 0.127 e. The summed E-state index contributed by atoms with van der Waals surface area (Å²) in [7, 11) is 2.02. The summed E-state index contributed by atoms with van der Waals surface area (Å²) < 4.78 is 13.6. The third kappa shape index (κ3) is 3.94. The highest BCUT2D eigenvalue weighted by Gasteiger charge is 2.14. The molecule has 1 unspecified atom stereocenters. The zero-order valence-corrected chi connectivity index (χ0v) is 11.5. The number of benzene rings is 1. The predicted octanol–water partition coefficient (Wildman–Crippen LogP) is 3.05. The molecule has 0 spiro atoms. The van der Waals surface area contributed by atoms with E-state index in [-0.39, 0.29) is 5.82 Å². The molecular formula is C14H20ClFN2. The molecule has 100 valence electrons. The van der Waals surface area contributed by atoms with Gasteiger partial charge in [-0.1, -0.05) is 11.6 Å². The Bertz CT molecular complexity index is 391. The van der Waals surface area contributed by atoms with Crippen molar-refractivity contribution in [2.24, 2.45) is 0 Å². The van der Waals surface area contributed by atoms with E-state index in [9.17, 15) is 4.39 Å². The minimum Gasteiger partial charge on any atom is -0.314 e.